The fraction of sp³-hybridized carbons (Fsp3) is 0. The molecule has 0 fully saturated rings. The molecule has 1 heterocycles. The van der Waals surface area contributed by atoms with Gasteiger partial charge in [-0.3, -0.25) is 0 Å². The first-order valence-electron chi connectivity index (χ1n) is 5.84. The second-order valence-corrected chi connectivity index (χ2v) is 5.85. The topological polar surface area (TPSA) is 0 Å². The van der Waals surface area contributed by atoms with Crippen molar-refractivity contribution in [3.63, 3.8) is 0 Å². The summed E-state index contributed by atoms with van der Waals surface area (Å²) in [6.45, 7) is 0. The molecule has 0 radical (unpaired) electrons. The van der Waals surface area contributed by atoms with E-state index in [9.17, 15) is 0 Å². The van der Waals surface area contributed by atoms with Crippen molar-refractivity contribution in [3.05, 3.63) is 70.0 Å². The van der Waals surface area contributed by atoms with Crippen LogP contribution in [0.2, 0.25) is 10.0 Å². The van der Waals surface area contributed by atoms with Gasteiger partial charge < -0.3 is 0 Å². The van der Waals surface area contributed by atoms with E-state index in [1.54, 1.807) is 11.3 Å². The second kappa shape index (κ2) is 5.38. The molecule has 3 rings (SSSR count). The second-order valence-electron chi connectivity index (χ2n) is 4.12. The van der Waals surface area contributed by atoms with Gasteiger partial charge in [0.1, 0.15) is 0 Å². The Kier molecular flexibility index (Phi) is 3.61. The smallest absolute Gasteiger partial charge is 0.0492 e. The normalized spacial score (nSPS) is 10.6. The highest BCUT2D eigenvalue weighted by molar-refractivity contribution is 7.14. The molecular formula is C16H10Cl2S. The van der Waals surface area contributed by atoms with Crippen molar-refractivity contribution >= 4 is 34.5 Å². The van der Waals surface area contributed by atoms with Crippen LogP contribution in [0.15, 0.2) is 60.0 Å². The lowest BCUT2D eigenvalue weighted by Gasteiger charge is -2.07. The van der Waals surface area contributed by atoms with E-state index in [1.807, 2.05) is 48.5 Å². The van der Waals surface area contributed by atoms with Gasteiger partial charge in [0, 0.05) is 31.6 Å². The third-order valence-corrected chi connectivity index (χ3v) is 4.55. The lowest BCUT2D eigenvalue weighted by Crippen LogP contribution is -1.81. The summed E-state index contributed by atoms with van der Waals surface area (Å²) in [5.41, 5.74) is 3.22. The predicted molar refractivity (Wildman–Crippen MR) is 85.2 cm³/mol. The fourth-order valence-electron chi connectivity index (χ4n) is 2.05. The Bertz CT molecular complexity index is 656. The van der Waals surface area contributed by atoms with Crippen LogP contribution in [0.5, 0.6) is 0 Å². The summed E-state index contributed by atoms with van der Waals surface area (Å²) in [4.78, 5) is 1.15. The van der Waals surface area contributed by atoms with E-state index in [0.717, 1.165) is 31.6 Å². The molecule has 0 unspecified atom stereocenters. The molecule has 0 saturated heterocycles. The van der Waals surface area contributed by atoms with Crippen LogP contribution in [-0.2, 0) is 0 Å². The largest absolute Gasteiger partial charge is 0.143 e. The van der Waals surface area contributed by atoms with E-state index in [0.29, 0.717) is 0 Å². The summed E-state index contributed by atoms with van der Waals surface area (Å²) in [6, 6.07) is 17.8. The Morgan fingerprint density at radius 1 is 0.632 bits per heavy atom. The van der Waals surface area contributed by atoms with E-state index in [2.05, 4.69) is 11.4 Å². The summed E-state index contributed by atoms with van der Waals surface area (Å²) in [5, 5.41) is 3.59. The van der Waals surface area contributed by atoms with Crippen LogP contribution in [0.1, 0.15) is 0 Å². The lowest BCUT2D eigenvalue weighted by molar-refractivity contribution is 1.65. The van der Waals surface area contributed by atoms with Crippen molar-refractivity contribution in [3.8, 4) is 21.6 Å². The predicted octanol–water partition coefficient (Wildman–Crippen LogP) is 6.39. The summed E-state index contributed by atoms with van der Waals surface area (Å²) in [7, 11) is 0. The van der Waals surface area contributed by atoms with Crippen LogP contribution in [0.4, 0.5) is 0 Å². The minimum atomic E-state index is 0.759. The van der Waals surface area contributed by atoms with Crippen molar-refractivity contribution in [2.75, 3.05) is 0 Å². The highest BCUT2D eigenvalue weighted by atomic mass is 35.5. The SMILES string of the molecule is Clc1ccccc1-c1ccsc1-c1ccccc1Cl. The van der Waals surface area contributed by atoms with Gasteiger partial charge in [-0.15, -0.1) is 11.3 Å². The van der Waals surface area contributed by atoms with Gasteiger partial charge in [-0.1, -0.05) is 59.6 Å². The van der Waals surface area contributed by atoms with Gasteiger partial charge in [0.05, 0.1) is 0 Å². The first-order valence-corrected chi connectivity index (χ1v) is 7.48. The van der Waals surface area contributed by atoms with Gasteiger partial charge in [-0.25, -0.2) is 0 Å². The molecule has 0 aliphatic carbocycles. The van der Waals surface area contributed by atoms with E-state index in [1.165, 1.54) is 0 Å². The van der Waals surface area contributed by atoms with Crippen molar-refractivity contribution in [1.29, 1.82) is 0 Å². The highest BCUT2D eigenvalue weighted by Crippen LogP contribution is 2.41. The van der Waals surface area contributed by atoms with E-state index in [-0.39, 0.29) is 0 Å². The van der Waals surface area contributed by atoms with Gasteiger partial charge in [0.2, 0.25) is 0 Å². The average molecular weight is 305 g/mol. The minimum absolute atomic E-state index is 0.759. The molecule has 0 saturated carbocycles. The number of hydrogen-bond donors (Lipinski definition) is 0. The molecule has 2 aromatic carbocycles. The standard InChI is InChI=1S/C16H10Cl2S/c17-14-7-3-1-5-11(14)12-9-10-19-16(12)13-6-2-4-8-15(13)18/h1-10H. The van der Waals surface area contributed by atoms with Crippen LogP contribution in [-0.4, -0.2) is 0 Å². The van der Waals surface area contributed by atoms with Crippen LogP contribution < -0.4 is 0 Å². The molecule has 19 heavy (non-hydrogen) atoms. The summed E-state index contributed by atoms with van der Waals surface area (Å²) in [6.07, 6.45) is 0. The molecule has 0 N–H and O–H groups in total. The highest BCUT2D eigenvalue weighted by Gasteiger charge is 2.13. The molecule has 1 aromatic heterocycles. The molecule has 94 valence electrons. The zero-order valence-electron chi connectivity index (χ0n) is 9.94. The molecule has 0 spiro atoms. The molecule has 3 aromatic rings. The van der Waals surface area contributed by atoms with E-state index < -0.39 is 0 Å². The molecular weight excluding hydrogens is 295 g/mol. The summed E-state index contributed by atoms with van der Waals surface area (Å²) < 4.78 is 0. The number of rotatable bonds is 2. The Hall–Kier alpha value is -1.28. The zero-order chi connectivity index (χ0) is 13.2. The van der Waals surface area contributed by atoms with Crippen molar-refractivity contribution in [2.24, 2.45) is 0 Å². The molecule has 3 heteroatoms. The fourth-order valence-corrected chi connectivity index (χ4v) is 3.53. The van der Waals surface area contributed by atoms with Crippen molar-refractivity contribution < 1.29 is 0 Å². The third-order valence-electron chi connectivity index (χ3n) is 2.95. The monoisotopic (exact) mass is 304 g/mol. The van der Waals surface area contributed by atoms with E-state index >= 15 is 0 Å². The lowest BCUT2D eigenvalue weighted by atomic mass is 10.0. The molecule has 0 aliphatic rings. The van der Waals surface area contributed by atoms with Crippen LogP contribution in [0, 0.1) is 0 Å². The molecule has 0 aliphatic heterocycles. The molecule has 0 nitrogen and oxygen atoms in total. The molecule has 0 bridgehead atoms. The Labute approximate surface area is 126 Å². The van der Waals surface area contributed by atoms with Crippen LogP contribution in [0.3, 0.4) is 0 Å². The van der Waals surface area contributed by atoms with Gasteiger partial charge in [0.15, 0.2) is 0 Å². The van der Waals surface area contributed by atoms with Crippen LogP contribution in [0.25, 0.3) is 21.6 Å². The minimum Gasteiger partial charge on any atom is -0.143 e. The number of hydrogen-bond acceptors (Lipinski definition) is 1. The van der Waals surface area contributed by atoms with Crippen LogP contribution >= 0.6 is 34.5 Å². The van der Waals surface area contributed by atoms with Gasteiger partial charge >= 0.3 is 0 Å². The van der Waals surface area contributed by atoms with Crippen molar-refractivity contribution in [2.45, 2.75) is 0 Å². The first kappa shape index (κ1) is 12.7. The maximum atomic E-state index is 6.29. The Morgan fingerprint density at radius 3 is 1.84 bits per heavy atom. The van der Waals surface area contributed by atoms with Gasteiger partial charge in [-0.05, 0) is 23.6 Å². The maximum Gasteiger partial charge on any atom is 0.0492 e. The average Bonchev–Trinajstić information content (AvgIpc) is 2.89. The Morgan fingerprint density at radius 2 is 1.21 bits per heavy atom. The first-order chi connectivity index (χ1) is 9.27. The Balaban J connectivity index is 2.20. The van der Waals surface area contributed by atoms with E-state index in [4.69, 9.17) is 23.2 Å². The summed E-state index contributed by atoms with van der Waals surface area (Å²) in [5.74, 6) is 0. The van der Waals surface area contributed by atoms with Gasteiger partial charge in [0.25, 0.3) is 0 Å². The number of thiophene rings is 1. The molecule has 0 atom stereocenters. The zero-order valence-corrected chi connectivity index (χ0v) is 12.3. The number of benzene rings is 2. The van der Waals surface area contributed by atoms with Gasteiger partial charge in [-0.2, -0.15) is 0 Å². The van der Waals surface area contributed by atoms with Crippen molar-refractivity contribution in [1.82, 2.24) is 0 Å². The number of halogens is 2. The maximum absolute atomic E-state index is 6.29. The third kappa shape index (κ3) is 2.42. The molecule has 0 amide bonds. The summed E-state index contributed by atoms with van der Waals surface area (Å²) >= 11 is 14.3. The quantitative estimate of drug-likeness (QED) is 0.514.